The molecule has 0 aromatic carbocycles. The number of ether oxygens (including phenoxy) is 2. The molecule has 1 unspecified atom stereocenters. The molecule has 1 aromatic rings. The van der Waals surface area contributed by atoms with Gasteiger partial charge in [0.25, 0.3) is 0 Å². The van der Waals surface area contributed by atoms with Gasteiger partial charge >= 0.3 is 0 Å². The summed E-state index contributed by atoms with van der Waals surface area (Å²) >= 11 is 0. The molecular formula is C21H42IN7O2. The third-order valence-corrected chi connectivity index (χ3v) is 4.92. The van der Waals surface area contributed by atoms with Crippen LogP contribution in [0.3, 0.4) is 0 Å². The lowest BCUT2D eigenvalue weighted by molar-refractivity contribution is -0.0261. The van der Waals surface area contributed by atoms with E-state index in [4.69, 9.17) is 14.5 Å². The predicted octanol–water partition coefficient (Wildman–Crippen LogP) is 1.78. The molecule has 1 fully saturated rings. The average Bonchev–Trinajstić information content (AvgIpc) is 3.18. The summed E-state index contributed by atoms with van der Waals surface area (Å²) in [5, 5.41) is 15.0. The highest BCUT2D eigenvalue weighted by molar-refractivity contribution is 14.0. The number of aryl methyl sites for hydroxylation is 1. The summed E-state index contributed by atoms with van der Waals surface area (Å²) in [6.45, 7) is 17.0. The number of nitrogens with one attached hydrogen (secondary N) is 2. The largest absolute Gasteiger partial charge is 0.382 e. The van der Waals surface area contributed by atoms with E-state index in [1.165, 1.54) is 0 Å². The van der Waals surface area contributed by atoms with Crippen LogP contribution in [0.15, 0.2) is 11.3 Å². The summed E-state index contributed by atoms with van der Waals surface area (Å²) in [5.74, 6) is 2.49. The van der Waals surface area contributed by atoms with Crippen molar-refractivity contribution >= 4 is 29.9 Å². The molecule has 0 spiro atoms. The van der Waals surface area contributed by atoms with Gasteiger partial charge in [0.05, 0.1) is 19.3 Å². The highest BCUT2D eigenvalue weighted by Crippen LogP contribution is 2.08. The fourth-order valence-electron chi connectivity index (χ4n) is 3.50. The zero-order valence-corrected chi connectivity index (χ0v) is 22.0. The van der Waals surface area contributed by atoms with Crippen LogP contribution >= 0.6 is 24.0 Å². The average molecular weight is 552 g/mol. The third-order valence-electron chi connectivity index (χ3n) is 4.92. The molecule has 1 atom stereocenters. The van der Waals surface area contributed by atoms with Gasteiger partial charge in [-0.1, -0.05) is 20.8 Å². The van der Waals surface area contributed by atoms with Crippen molar-refractivity contribution in [3.63, 3.8) is 0 Å². The maximum atomic E-state index is 5.95. The number of aromatic nitrogens is 3. The molecule has 10 heteroatoms. The van der Waals surface area contributed by atoms with Crippen molar-refractivity contribution in [3.05, 3.63) is 12.2 Å². The fourth-order valence-corrected chi connectivity index (χ4v) is 3.50. The summed E-state index contributed by atoms with van der Waals surface area (Å²) in [5.41, 5.74) is 0. The van der Waals surface area contributed by atoms with Gasteiger partial charge in [-0.3, -0.25) is 9.89 Å². The van der Waals surface area contributed by atoms with Gasteiger partial charge in [-0.15, -0.1) is 34.2 Å². The monoisotopic (exact) mass is 551 g/mol. The van der Waals surface area contributed by atoms with Gasteiger partial charge in [0, 0.05) is 58.9 Å². The van der Waals surface area contributed by atoms with Gasteiger partial charge in [-0.25, -0.2) is 0 Å². The van der Waals surface area contributed by atoms with E-state index in [0.29, 0.717) is 12.5 Å². The van der Waals surface area contributed by atoms with Gasteiger partial charge in [-0.2, -0.15) is 0 Å². The van der Waals surface area contributed by atoms with Crippen molar-refractivity contribution in [2.75, 3.05) is 59.1 Å². The molecule has 1 aliphatic heterocycles. The molecule has 0 radical (unpaired) electrons. The van der Waals surface area contributed by atoms with E-state index in [-0.39, 0.29) is 30.1 Å². The van der Waals surface area contributed by atoms with Crippen molar-refractivity contribution in [1.82, 2.24) is 30.3 Å². The lowest BCUT2D eigenvalue weighted by Gasteiger charge is -2.33. The second-order valence-corrected chi connectivity index (χ2v) is 8.03. The van der Waals surface area contributed by atoms with Gasteiger partial charge in [-0.05, 0) is 19.3 Å². The molecule has 1 aliphatic rings. The number of hydrogen-bond acceptors (Lipinski definition) is 6. The molecule has 0 amide bonds. The molecular weight excluding hydrogens is 509 g/mol. The molecule has 2 rings (SSSR count). The summed E-state index contributed by atoms with van der Waals surface area (Å²) in [4.78, 5) is 7.28. The van der Waals surface area contributed by atoms with Crippen LogP contribution in [-0.4, -0.2) is 90.8 Å². The normalized spacial score (nSPS) is 17.6. The van der Waals surface area contributed by atoms with Crippen LogP contribution in [0.2, 0.25) is 0 Å². The van der Waals surface area contributed by atoms with E-state index in [2.05, 4.69) is 51.1 Å². The van der Waals surface area contributed by atoms with Crippen LogP contribution in [0.5, 0.6) is 0 Å². The molecule has 2 heterocycles. The molecule has 1 saturated heterocycles. The first-order valence-corrected chi connectivity index (χ1v) is 11.4. The maximum Gasteiger partial charge on any atom is 0.191 e. The zero-order chi connectivity index (χ0) is 21.6. The molecule has 0 bridgehead atoms. The van der Waals surface area contributed by atoms with Gasteiger partial charge in [0.1, 0.15) is 12.2 Å². The Morgan fingerprint density at radius 2 is 2.13 bits per heavy atom. The van der Waals surface area contributed by atoms with Crippen LogP contribution in [0.1, 0.15) is 39.9 Å². The first kappa shape index (κ1) is 28.1. The number of rotatable bonds is 13. The lowest BCUT2D eigenvalue weighted by atomic mass is 10.2. The Bertz CT molecular complexity index is 612. The number of guanidine groups is 1. The van der Waals surface area contributed by atoms with E-state index >= 15 is 0 Å². The molecule has 9 nitrogen and oxygen atoms in total. The van der Waals surface area contributed by atoms with E-state index in [1.807, 2.05) is 6.92 Å². The Labute approximate surface area is 204 Å². The quantitative estimate of drug-likeness (QED) is 0.167. The van der Waals surface area contributed by atoms with E-state index in [1.54, 1.807) is 6.33 Å². The predicted molar refractivity (Wildman–Crippen MR) is 135 cm³/mol. The second kappa shape index (κ2) is 16.6. The van der Waals surface area contributed by atoms with Crippen molar-refractivity contribution in [3.8, 4) is 0 Å². The number of aliphatic imine (C=N–C) groups is 1. The minimum Gasteiger partial charge on any atom is -0.382 e. The standard InChI is InChI=1S/C21H41N7O2.HI/c1-5-20-26-25-17-28(20)10-9-23-21(22-8-7-12-29-6-2)24-14-19-16-27(11-13-30-19)15-18(3)4;/h17-19H,5-16H2,1-4H3,(H2,22,23,24);1H. The van der Waals surface area contributed by atoms with E-state index in [9.17, 15) is 0 Å². The van der Waals surface area contributed by atoms with Crippen molar-refractivity contribution in [2.24, 2.45) is 10.9 Å². The van der Waals surface area contributed by atoms with Crippen LogP contribution < -0.4 is 10.6 Å². The van der Waals surface area contributed by atoms with E-state index < -0.39 is 0 Å². The number of halogens is 1. The number of morpholine rings is 1. The topological polar surface area (TPSA) is 88.8 Å². The van der Waals surface area contributed by atoms with Gasteiger partial charge in [0.2, 0.25) is 0 Å². The first-order chi connectivity index (χ1) is 14.6. The summed E-state index contributed by atoms with van der Waals surface area (Å²) < 4.78 is 13.5. The highest BCUT2D eigenvalue weighted by Gasteiger charge is 2.20. The smallest absolute Gasteiger partial charge is 0.191 e. The highest BCUT2D eigenvalue weighted by atomic mass is 127. The summed E-state index contributed by atoms with van der Waals surface area (Å²) in [6.07, 6.45) is 3.75. The lowest BCUT2D eigenvalue weighted by Crippen LogP contribution is -2.46. The SMILES string of the molecule is CCOCCCNC(=NCC1CN(CC(C)C)CCO1)NCCn1cnnc1CC.I. The number of nitrogens with zero attached hydrogens (tertiary/aromatic N) is 5. The van der Waals surface area contributed by atoms with E-state index in [0.717, 1.165) is 83.7 Å². The van der Waals surface area contributed by atoms with Gasteiger partial charge < -0.3 is 24.7 Å². The summed E-state index contributed by atoms with van der Waals surface area (Å²) in [6, 6.07) is 0. The Morgan fingerprint density at radius 1 is 1.32 bits per heavy atom. The molecule has 0 saturated carbocycles. The molecule has 180 valence electrons. The maximum absolute atomic E-state index is 5.95. The fraction of sp³-hybridized carbons (Fsp3) is 0.857. The van der Waals surface area contributed by atoms with Crippen molar-refractivity contribution < 1.29 is 9.47 Å². The second-order valence-electron chi connectivity index (χ2n) is 8.03. The molecule has 1 aromatic heterocycles. The van der Waals surface area contributed by atoms with Crippen LogP contribution in [0.4, 0.5) is 0 Å². The molecule has 31 heavy (non-hydrogen) atoms. The van der Waals surface area contributed by atoms with Crippen LogP contribution in [-0.2, 0) is 22.4 Å². The molecule has 2 N–H and O–H groups in total. The Morgan fingerprint density at radius 3 is 2.87 bits per heavy atom. The first-order valence-electron chi connectivity index (χ1n) is 11.4. The van der Waals surface area contributed by atoms with Crippen LogP contribution in [0.25, 0.3) is 0 Å². The Kier molecular flexibility index (Phi) is 15.0. The number of hydrogen-bond donors (Lipinski definition) is 2. The Balaban J connectivity index is 0.00000480. The zero-order valence-electron chi connectivity index (χ0n) is 19.7. The minimum atomic E-state index is 0. The minimum absolute atomic E-state index is 0. The third kappa shape index (κ3) is 11.4. The van der Waals surface area contributed by atoms with Crippen molar-refractivity contribution in [1.29, 1.82) is 0 Å². The van der Waals surface area contributed by atoms with Crippen LogP contribution in [0, 0.1) is 5.92 Å². The van der Waals surface area contributed by atoms with Crippen molar-refractivity contribution in [2.45, 2.75) is 53.2 Å². The molecule has 0 aliphatic carbocycles. The summed E-state index contributed by atoms with van der Waals surface area (Å²) in [7, 11) is 0. The van der Waals surface area contributed by atoms with Gasteiger partial charge in [0.15, 0.2) is 5.96 Å². The Hall–Kier alpha value is -0.980.